The van der Waals surface area contributed by atoms with Crippen LogP contribution in [0.25, 0.3) is 0 Å². The number of carbonyl (C=O) groups excluding carboxylic acids is 2. The van der Waals surface area contributed by atoms with Crippen molar-refractivity contribution in [2.75, 3.05) is 11.1 Å². The van der Waals surface area contributed by atoms with E-state index in [0.717, 1.165) is 4.90 Å². The SMILES string of the molecule is Cl.O=Cc1ccc2c(n1)NC(=O)CS2. The van der Waals surface area contributed by atoms with Gasteiger partial charge in [-0.3, -0.25) is 9.59 Å². The lowest BCUT2D eigenvalue weighted by Crippen LogP contribution is -2.20. The third-order valence-corrected chi connectivity index (χ3v) is 2.66. The Morgan fingerprint density at radius 2 is 2.29 bits per heavy atom. The summed E-state index contributed by atoms with van der Waals surface area (Å²) in [7, 11) is 0. The van der Waals surface area contributed by atoms with Gasteiger partial charge in [-0.05, 0) is 12.1 Å². The zero-order chi connectivity index (χ0) is 9.26. The van der Waals surface area contributed by atoms with E-state index in [4.69, 9.17) is 0 Å². The van der Waals surface area contributed by atoms with Crippen LogP contribution in [0.2, 0.25) is 0 Å². The smallest absolute Gasteiger partial charge is 0.235 e. The van der Waals surface area contributed by atoms with E-state index >= 15 is 0 Å². The largest absolute Gasteiger partial charge is 0.309 e. The molecule has 0 aromatic carbocycles. The molecule has 6 heteroatoms. The van der Waals surface area contributed by atoms with E-state index < -0.39 is 0 Å². The lowest BCUT2D eigenvalue weighted by molar-refractivity contribution is -0.113. The second-order valence-electron chi connectivity index (χ2n) is 2.54. The second-order valence-corrected chi connectivity index (χ2v) is 3.55. The topological polar surface area (TPSA) is 59.1 Å². The van der Waals surface area contributed by atoms with Gasteiger partial charge >= 0.3 is 0 Å². The molecule has 0 unspecified atom stereocenters. The maximum absolute atomic E-state index is 11.0. The van der Waals surface area contributed by atoms with Gasteiger partial charge in [-0.25, -0.2) is 4.98 Å². The number of rotatable bonds is 1. The van der Waals surface area contributed by atoms with Gasteiger partial charge in [0.05, 0.1) is 10.6 Å². The number of aromatic nitrogens is 1. The van der Waals surface area contributed by atoms with Crippen molar-refractivity contribution in [2.24, 2.45) is 0 Å². The lowest BCUT2D eigenvalue weighted by atomic mass is 10.3. The summed E-state index contributed by atoms with van der Waals surface area (Å²) in [6, 6.07) is 3.42. The van der Waals surface area contributed by atoms with Crippen LogP contribution in [0.3, 0.4) is 0 Å². The Morgan fingerprint density at radius 3 is 3.00 bits per heavy atom. The first-order chi connectivity index (χ1) is 6.29. The number of nitrogens with one attached hydrogen (secondary N) is 1. The van der Waals surface area contributed by atoms with Gasteiger partial charge in [0, 0.05) is 0 Å². The lowest BCUT2D eigenvalue weighted by Gasteiger charge is -2.14. The quantitative estimate of drug-likeness (QED) is 0.741. The molecular weight excluding hydrogens is 224 g/mol. The molecule has 0 saturated heterocycles. The van der Waals surface area contributed by atoms with Crippen LogP contribution < -0.4 is 5.32 Å². The molecule has 2 heterocycles. The first-order valence-electron chi connectivity index (χ1n) is 3.68. The number of anilines is 1. The number of fused-ring (bicyclic) bond motifs is 1. The van der Waals surface area contributed by atoms with Crippen LogP contribution in [0.4, 0.5) is 5.82 Å². The summed E-state index contributed by atoms with van der Waals surface area (Å²) in [4.78, 5) is 26.2. The standard InChI is InChI=1S/C8H6N2O2S.ClH/c11-3-5-1-2-6-8(9-5)10-7(12)4-13-6;/h1-3H,4H2,(H,9,10,12);1H. The summed E-state index contributed by atoms with van der Waals surface area (Å²) in [5.74, 6) is 0.827. The Morgan fingerprint density at radius 1 is 1.50 bits per heavy atom. The number of amides is 1. The summed E-state index contributed by atoms with van der Waals surface area (Å²) in [6.07, 6.45) is 0.658. The molecule has 4 nitrogen and oxygen atoms in total. The van der Waals surface area contributed by atoms with E-state index in [2.05, 4.69) is 10.3 Å². The highest BCUT2D eigenvalue weighted by Crippen LogP contribution is 2.29. The number of nitrogens with zero attached hydrogens (tertiary/aromatic N) is 1. The van der Waals surface area contributed by atoms with Gasteiger partial charge in [-0.1, -0.05) is 0 Å². The second kappa shape index (κ2) is 4.43. The summed E-state index contributed by atoms with van der Waals surface area (Å²) < 4.78 is 0. The summed E-state index contributed by atoms with van der Waals surface area (Å²) in [5, 5.41) is 2.60. The van der Waals surface area contributed by atoms with Crippen molar-refractivity contribution in [1.29, 1.82) is 0 Å². The van der Waals surface area contributed by atoms with E-state index in [1.807, 2.05) is 0 Å². The fourth-order valence-electron chi connectivity index (χ4n) is 1.04. The van der Waals surface area contributed by atoms with Crippen LogP contribution >= 0.6 is 24.2 Å². The van der Waals surface area contributed by atoms with Crippen LogP contribution in [0.15, 0.2) is 17.0 Å². The molecule has 0 aliphatic carbocycles. The minimum absolute atomic E-state index is 0. The molecule has 14 heavy (non-hydrogen) atoms. The minimum atomic E-state index is -0.0759. The van der Waals surface area contributed by atoms with Crippen molar-refractivity contribution in [3.63, 3.8) is 0 Å². The molecule has 1 amide bonds. The summed E-state index contributed by atoms with van der Waals surface area (Å²) in [6.45, 7) is 0. The molecule has 0 radical (unpaired) electrons. The van der Waals surface area contributed by atoms with Gasteiger partial charge in [-0.15, -0.1) is 24.2 Å². The number of thioether (sulfide) groups is 1. The fraction of sp³-hybridized carbons (Fsp3) is 0.125. The number of halogens is 1. The molecule has 0 saturated carbocycles. The third kappa shape index (κ3) is 2.05. The monoisotopic (exact) mass is 230 g/mol. The molecule has 2 rings (SSSR count). The zero-order valence-corrected chi connectivity index (χ0v) is 8.65. The molecule has 74 valence electrons. The highest BCUT2D eigenvalue weighted by molar-refractivity contribution is 8.00. The summed E-state index contributed by atoms with van der Waals surface area (Å²) in [5.41, 5.74) is 0.335. The summed E-state index contributed by atoms with van der Waals surface area (Å²) >= 11 is 1.43. The Labute approximate surface area is 90.9 Å². The highest BCUT2D eigenvalue weighted by Gasteiger charge is 2.16. The van der Waals surface area contributed by atoms with E-state index in [1.165, 1.54) is 11.8 Å². The molecule has 0 spiro atoms. The van der Waals surface area contributed by atoms with Crippen LogP contribution in [0.5, 0.6) is 0 Å². The van der Waals surface area contributed by atoms with Crippen molar-refractivity contribution < 1.29 is 9.59 Å². The first kappa shape index (κ1) is 11.0. The van der Waals surface area contributed by atoms with Gasteiger partial charge in [0.2, 0.25) is 5.91 Å². The molecule has 1 N–H and O–H groups in total. The third-order valence-electron chi connectivity index (χ3n) is 1.62. The fourth-order valence-corrected chi connectivity index (χ4v) is 1.80. The first-order valence-corrected chi connectivity index (χ1v) is 4.67. The maximum atomic E-state index is 11.0. The van der Waals surface area contributed by atoms with Crippen LogP contribution in [-0.2, 0) is 4.79 Å². The van der Waals surface area contributed by atoms with E-state index in [-0.39, 0.29) is 18.3 Å². The van der Waals surface area contributed by atoms with Crippen LogP contribution in [0.1, 0.15) is 10.5 Å². The van der Waals surface area contributed by atoms with Crippen molar-refractivity contribution >= 4 is 42.2 Å². The molecular formula is C8H7ClN2O2S. The number of carbonyl (C=O) groups is 2. The Balaban J connectivity index is 0.000000980. The highest BCUT2D eigenvalue weighted by atomic mass is 35.5. The Kier molecular flexibility index (Phi) is 3.49. The molecule has 1 aromatic heterocycles. The van der Waals surface area contributed by atoms with Crippen LogP contribution in [-0.4, -0.2) is 22.9 Å². The van der Waals surface area contributed by atoms with Crippen molar-refractivity contribution in [3.05, 3.63) is 17.8 Å². The van der Waals surface area contributed by atoms with Crippen molar-refractivity contribution in [2.45, 2.75) is 4.90 Å². The normalized spacial score (nSPS) is 13.6. The number of hydrogen-bond acceptors (Lipinski definition) is 4. The molecule has 0 atom stereocenters. The average molecular weight is 231 g/mol. The van der Waals surface area contributed by atoms with E-state index in [1.54, 1.807) is 12.1 Å². The number of aldehydes is 1. The van der Waals surface area contributed by atoms with E-state index in [0.29, 0.717) is 23.6 Å². The Bertz CT molecular complexity index is 384. The van der Waals surface area contributed by atoms with Gasteiger partial charge in [0.25, 0.3) is 0 Å². The molecule has 1 aromatic rings. The van der Waals surface area contributed by atoms with Gasteiger partial charge in [0.15, 0.2) is 6.29 Å². The zero-order valence-electron chi connectivity index (χ0n) is 7.02. The van der Waals surface area contributed by atoms with Gasteiger partial charge in [0.1, 0.15) is 11.5 Å². The Hall–Kier alpha value is -1.07. The predicted molar refractivity (Wildman–Crippen MR) is 56.2 cm³/mol. The molecule has 1 aliphatic rings. The average Bonchev–Trinajstić information content (AvgIpc) is 2.16. The predicted octanol–water partition coefficient (Wildman–Crippen LogP) is 1.36. The number of pyridine rings is 1. The molecule has 0 bridgehead atoms. The van der Waals surface area contributed by atoms with Crippen molar-refractivity contribution in [1.82, 2.24) is 4.98 Å². The molecule has 1 aliphatic heterocycles. The minimum Gasteiger partial charge on any atom is -0.309 e. The molecule has 0 fully saturated rings. The van der Waals surface area contributed by atoms with E-state index in [9.17, 15) is 9.59 Å². The van der Waals surface area contributed by atoms with Crippen LogP contribution in [0, 0.1) is 0 Å². The maximum Gasteiger partial charge on any atom is 0.235 e. The van der Waals surface area contributed by atoms with Gasteiger partial charge in [-0.2, -0.15) is 0 Å². The number of hydrogen-bond donors (Lipinski definition) is 1. The van der Waals surface area contributed by atoms with Crippen molar-refractivity contribution in [3.8, 4) is 0 Å². The van der Waals surface area contributed by atoms with Gasteiger partial charge < -0.3 is 5.32 Å².